The van der Waals surface area contributed by atoms with Gasteiger partial charge in [-0.1, -0.05) is 0 Å². The highest BCUT2D eigenvalue weighted by Gasteiger charge is 2.25. The second kappa shape index (κ2) is 5.37. The highest BCUT2D eigenvalue weighted by molar-refractivity contribution is 4.62. The Balaban J connectivity index is 3.22. The lowest BCUT2D eigenvalue weighted by molar-refractivity contribution is -0.133. The number of hydrogen-bond donors (Lipinski definition) is 2. The summed E-state index contributed by atoms with van der Waals surface area (Å²) in [6.45, 7) is 2.46. The third kappa shape index (κ3) is 7.81. The van der Waals surface area contributed by atoms with Crippen LogP contribution in [0.1, 0.15) is 13.3 Å². The van der Waals surface area contributed by atoms with Crippen molar-refractivity contribution in [2.75, 3.05) is 20.1 Å². The Bertz CT molecular complexity index is 114. The zero-order valence-electron chi connectivity index (χ0n) is 7.33. The van der Waals surface area contributed by atoms with Gasteiger partial charge < -0.3 is 10.6 Å². The van der Waals surface area contributed by atoms with Crippen molar-refractivity contribution in [2.45, 2.75) is 25.6 Å². The first-order valence-electron chi connectivity index (χ1n) is 3.90. The van der Waals surface area contributed by atoms with Crippen molar-refractivity contribution in [2.24, 2.45) is 0 Å². The van der Waals surface area contributed by atoms with Gasteiger partial charge in [-0.25, -0.2) is 0 Å². The summed E-state index contributed by atoms with van der Waals surface area (Å²) in [5.41, 5.74) is 0. The van der Waals surface area contributed by atoms with E-state index in [1.165, 1.54) is 0 Å². The van der Waals surface area contributed by atoms with Gasteiger partial charge in [-0.05, 0) is 14.0 Å². The quantitative estimate of drug-likeness (QED) is 0.626. The van der Waals surface area contributed by atoms with Gasteiger partial charge in [0.15, 0.2) is 0 Å². The molecular formula is C7H15F3N2. The van der Waals surface area contributed by atoms with E-state index < -0.39 is 12.6 Å². The average Bonchev–Trinajstić information content (AvgIpc) is 1.96. The Morgan fingerprint density at radius 2 is 1.92 bits per heavy atom. The number of hydrogen-bond acceptors (Lipinski definition) is 2. The van der Waals surface area contributed by atoms with Crippen LogP contribution in [0.4, 0.5) is 13.2 Å². The van der Waals surface area contributed by atoms with Crippen molar-refractivity contribution >= 4 is 0 Å². The van der Waals surface area contributed by atoms with E-state index in [1.54, 1.807) is 7.05 Å². The van der Waals surface area contributed by atoms with Gasteiger partial charge in [0.25, 0.3) is 0 Å². The van der Waals surface area contributed by atoms with E-state index in [0.717, 1.165) is 0 Å². The average molecular weight is 184 g/mol. The molecule has 0 heterocycles. The first-order valence-corrected chi connectivity index (χ1v) is 3.90. The fourth-order valence-corrected chi connectivity index (χ4v) is 0.651. The van der Waals surface area contributed by atoms with Crippen LogP contribution in [0, 0.1) is 0 Å². The molecule has 0 aliphatic carbocycles. The Kier molecular flexibility index (Phi) is 5.24. The van der Waals surface area contributed by atoms with Crippen LogP contribution in [0.2, 0.25) is 0 Å². The summed E-state index contributed by atoms with van der Waals surface area (Å²) in [7, 11) is 1.77. The molecule has 0 radical (unpaired) electrons. The van der Waals surface area contributed by atoms with E-state index in [-0.39, 0.29) is 12.6 Å². The summed E-state index contributed by atoms with van der Waals surface area (Å²) in [6.07, 6.45) is -4.81. The van der Waals surface area contributed by atoms with Gasteiger partial charge in [0.1, 0.15) is 0 Å². The third-order valence-corrected chi connectivity index (χ3v) is 1.53. The van der Waals surface area contributed by atoms with E-state index in [1.807, 2.05) is 6.92 Å². The molecule has 0 saturated carbocycles. The fourth-order valence-electron chi connectivity index (χ4n) is 0.651. The molecule has 2 N–H and O–H groups in total. The van der Waals surface area contributed by atoms with Crippen LogP contribution in [-0.4, -0.2) is 32.4 Å². The fraction of sp³-hybridized carbons (Fsp3) is 1.00. The van der Waals surface area contributed by atoms with Crippen LogP contribution in [0.5, 0.6) is 0 Å². The van der Waals surface area contributed by atoms with Gasteiger partial charge in [-0.15, -0.1) is 0 Å². The Labute approximate surface area is 70.5 Å². The number of nitrogens with one attached hydrogen (secondary N) is 2. The van der Waals surface area contributed by atoms with Gasteiger partial charge in [-0.2, -0.15) is 13.2 Å². The van der Waals surface area contributed by atoms with Gasteiger partial charge in [0.2, 0.25) is 0 Å². The highest BCUT2D eigenvalue weighted by Crippen LogP contribution is 2.17. The zero-order valence-corrected chi connectivity index (χ0v) is 7.33. The van der Waals surface area contributed by atoms with E-state index in [4.69, 9.17) is 0 Å². The summed E-state index contributed by atoms with van der Waals surface area (Å²) in [4.78, 5) is 0. The van der Waals surface area contributed by atoms with Crippen molar-refractivity contribution in [3.63, 3.8) is 0 Å². The van der Waals surface area contributed by atoms with Crippen LogP contribution < -0.4 is 10.6 Å². The number of halogens is 3. The topological polar surface area (TPSA) is 24.1 Å². The molecule has 0 aliphatic rings. The predicted octanol–water partition coefficient (Wildman–Crippen LogP) is 1.14. The minimum absolute atomic E-state index is 0.00444. The van der Waals surface area contributed by atoms with Crippen LogP contribution >= 0.6 is 0 Å². The van der Waals surface area contributed by atoms with Crippen molar-refractivity contribution in [3.8, 4) is 0 Å². The summed E-state index contributed by atoms with van der Waals surface area (Å²) < 4.78 is 34.8. The molecule has 0 bridgehead atoms. The van der Waals surface area contributed by atoms with Crippen LogP contribution in [0.15, 0.2) is 0 Å². The number of alkyl halides is 3. The van der Waals surface area contributed by atoms with E-state index >= 15 is 0 Å². The van der Waals surface area contributed by atoms with Crippen molar-refractivity contribution in [1.82, 2.24) is 10.6 Å². The third-order valence-electron chi connectivity index (χ3n) is 1.53. The predicted molar refractivity (Wildman–Crippen MR) is 42.1 cm³/mol. The smallest absolute Gasteiger partial charge is 0.316 e. The molecule has 0 aliphatic heterocycles. The van der Waals surface area contributed by atoms with Gasteiger partial charge in [0.05, 0.1) is 6.42 Å². The van der Waals surface area contributed by atoms with E-state index in [9.17, 15) is 13.2 Å². The molecule has 12 heavy (non-hydrogen) atoms. The molecule has 0 saturated heterocycles. The van der Waals surface area contributed by atoms with Crippen molar-refractivity contribution < 1.29 is 13.2 Å². The van der Waals surface area contributed by atoms with E-state index in [2.05, 4.69) is 10.6 Å². The molecule has 0 aromatic heterocycles. The SMILES string of the molecule is CNC(C)CNCCC(F)(F)F. The van der Waals surface area contributed by atoms with Crippen molar-refractivity contribution in [3.05, 3.63) is 0 Å². The van der Waals surface area contributed by atoms with Gasteiger partial charge >= 0.3 is 6.18 Å². The van der Waals surface area contributed by atoms with Gasteiger partial charge in [0, 0.05) is 19.1 Å². The summed E-state index contributed by atoms with van der Waals surface area (Å²) in [5.74, 6) is 0. The van der Waals surface area contributed by atoms with E-state index in [0.29, 0.717) is 6.54 Å². The summed E-state index contributed by atoms with van der Waals surface area (Å²) >= 11 is 0. The molecule has 0 aromatic rings. The summed E-state index contributed by atoms with van der Waals surface area (Å²) in [5, 5.41) is 5.63. The second-order valence-electron chi connectivity index (χ2n) is 2.76. The van der Waals surface area contributed by atoms with Gasteiger partial charge in [-0.3, -0.25) is 0 Å². The summed E-state index contributed by atoms with van der Waals surface area (Å²) in [6, 6.07) is 0.207. The Hall–Kier alpha value is -0.290. The maximum absolute atomic E-state index is 11.6. The monoisotopic (exact) mass is 184 g/mol. The minimum atomic E-state index is -4.05. The largest absolute Gasteiger partial charge is 0.390 e. The zero-order chi connectivity index (χ0) is 9.61. The lowest BCUT2D eigenvalue weighted by atomic mass is 10.3. The molecule has 1 atom stereocenters. The molecule has 0 fully saturated rings. The molecule has 0 spiro atoms. The van der Waals surface area contributed by atoms with Crippen LogP contribution in [0.25, 0.3) is 0 Å². The first kappa shape index (κ1) is 11.7. The lowest BCUT2D eigenvalue weighted by Gasteiger charge is -2.11. The standard InChI is InChI=1S/C7H15F3N2/c1-6(11-2)5-12-4-3-7(8,9)10/h6,11-12H,3-5H2,1-2H3. The number of likely N-dealkylation sites (N-methyl/N-ethyl adjacent to an activating group) is 1. The molecule has 5 heteroatoms. The number of rotatable bonds is 5. The normalized spacial score (nSPS) is 14.8. The molecule has 74 valence electrons. The Morgan fingerprint density at radius 1 is 1.33 bits per heavy atom. The minimum Gasteiger partial charge on any atom is -0.316 e. The molecule has 1 unspecified atom stereocenters. The molecule has 0 amide bonds. The first-order chi connectivity index (χ1) is 5.45. The second-order valence-corrected chi connectivity index (χ2v) is 2.76. The highest BCUT2D eigenvalue weighted by atomic mass is 19.4. The molecule has 0 rings (SSSR count). The van der Waals surface area contributed by atoms with Crippen LogP contribution in [-0.2, 0) is 0 Å². The molecule has 0 aromatic carbocycles. The molecular weight excluding hydrogens is 169 g/mol. The maximum Gasteiger partial charge on any atom is 0.390 e. The van der Waals surface area contributed by atoms with Crippen molar-refractivity contribution in [1.29, 1.82) is 0 Å². The molecule has 2 nitrogen and oxygen atoms in total. The Morgan fingerprint density at radius 3 is 2.33 bits per heavy atom. The van der Waals surface area contributed by atoms with Crippen LogP contribution in [0.3, 0.4) is 0 Å². The lowest BCUT2D eigenvalue weighted by Crippen LogP contribution is -2.35. The maximum atomic E-state index is 11.6.